The van der Waals surface area contributed by atoms with Gasteiger partial charge in [0.05, 0.1) is 6.54 Å². The molecule has 0 atom stereocenters. The van der Waals surface area contributed by atoms with E-state index >= 15 is 0 Å². The van der Waals surface area contributed by atoms with Crippen LogP contribution in [0.15, 0.2) is 30.3 Å². The van der Waals surface area contributed by atoms with Crippen molar-refractivity contribution in [3.8, 4) is 0 Å². The SMILES string of the molecule is Cc1cc(C(=O)CN2C(=O)CN(C)C2=O)c(C)n1Cc1ccc(F)cc1. The van der Waals surface area contributed by atoms with Gasteiger partial charge in [0.15, 0.2) is 5.78 Å². The van der Waals surface area contributed by atoms with Crippen LogP contribution in [0.3, 0.4) is 0 Å². The first-order valence-electron chi connectivity index (χ1n) is 8.27. The number of aryl methyl sites for hydroxylation is 1. The lowest BCUT2D eigenvalue weighted by Gasteiger charge is -2.13. The molecule has 2 aromatic rings. The number of Topliss-reactive ketones (excluding diaryl/α,β-unsaturated/α-hetero) is 1. The summed E-state index contributed by atoms with van der Waals surface area (Å²) in [7, 11) is 1.53. The van der Waals surface area contributed by atoms with E-state index < -0.39 is 6.03 Å². The molecule has 2 heterocycles. The first kappa shape index (κ1) is 17.8. The van der Waals surface area contributed by atoms with Gasteiger partial charge in [0.2, 0.25) is 0 Å². The predicted octanol–water partition coefficient (Wildman–Crippen LogP) is 2.37. The van der Waals surface area contributed by atoms with Gasteiger partial charge in [0, 0.05) is 30.5 Å². The maximum Gasteiger partial charge on any atom is 0.327 e. The van der Waals surface area contributed by atoms with Crippen molar-refractivity contribution in [3.63, 3.8) is 0 Å². The maximum absolute atomic E-state index is 13.1. The Morgan fingerprint density at radius 3 is 2.38 bits per heavy atom. The number of rotatable bonds is 5. The molecule has 26 heavy (non-hydrogen) atoms. The number of carbonyl (C=O) groups excluding carboxylic acids is 3. The molecule has 1 aliphatic rings. The number of hydrogen-bond donors (Lipinski definition) is 0. The van der Waals surface area contributed by atoms with Crippen molar-refractivity contribution in [2.45, 2.75) is 20.4 Å². The van der Waals surface area contributed by atoms with Gasteiger partial charge in [-0.15, -0.1) is 0 Å². The summed E-state index contributed by atoms with van der Waals surface area (Å²) in [6, 6.07) is 7.51. The molecule has 1 aromatic heterocycles. The molecule has 0 radical (unpaired) electrons. The molecule has 0 aliphatic carbocycles. The van der Waals surface area contributed by atoms with Crippen LogP contribution in [0.1, 0.15) is 27.3 Å². The van der Waals surface area contributed by atoms with E-state index in [4.69, 9.17) is 0 Å². The second-order valence-electron chi connectivity index (χ2n) is 6.54. The molecule has 1 aliphatic heterocycles. The Hall–Kier alpha value is -2.96. The lowest BCUT2D eigenvalue weighted by Crippen LogP contribution is -2.36. The second-order valence-corrected chi connectivity index (χ2v) is 6.54. The Bertz CT molecular complexity index is 886. The molecule has 7 heteroatoms. The van der Waals surface area contributed by atoms with E-state index in [1.807, 2.05) is 18.4 Å². The van der Waals surface area contributed by atoms with Gasteiger partial charge in [-0.3, -0.25) is 14.5 Å². The molecular formula is C19H20FN3O3. The van der Waals surface area contributed by atoms with E-state index in [1.54, 1.807) is 18.2 Å². The van der Waals surface area contributed by atoms with Crippen molar-refractivity contribution < 1.29 is 18.8 Å². The summed E-state index contributed by atoms with van der Waals surface area (Å²) in [5, 5.41) is 0. The summed E-state index contributed by atoms with van der Waals surface area (Å²) in [5.74, 6) is -0.943. The smallest absolute Gasteiger partial charge is 0.327 e. The normalized spacial score (nSPS) is 14.5. The number of carbonyl (C=O) groups is 3. The summed E-state index contributed by atoms with van der Waals surface area (Å²) in [4.78, 5) is 38.7. The third-order valence-electron chi connectivity index (χ3n) is 4.66. The van der Waals surface area contributed by atoms with Crippen LogP contribution in [0.4, 0.5) is 9.18 Å². The monoisotopic (exact) mass is 357 g/mol. The molecular weight excluding hydrogens is 337 g/mol. The van der Waals surface area contributed by atoms with E-state index in [0.29, 0.717) is 12.1 Å². The highest BCUT2D eigenvalue weighted by molar-refractivity contribution is 6.08. The molecule has 3 rings (SSSR count). The van der Waals surface area contributed by atoms with Gasteiger partial charge in [-0.2, -0.15) is 0 Å². The van der Waals surface area contributed by atoms with Crippen LogP contribution in [0, 0.1) is 19.7 Å². The number of benzene rings is 1. The molecule has 1 saturated heterocycles. The summed E-state index contributed by atoms with van der Waals surface area (Å²) >= 11 is 0. The van der Waals surface area contributed by atoms with Crippen LogP contribution in [-0.2, 0) is 11.3 Å². The fourth-order valence-electron chi connectivity index (χ4n) is 3.15. The van der Waals surface area contributed by atoms with Crippen molar-refractivity contribution in [2.24, 2.45) is 0 Å². The minimum Gasteiger partial charge on any atom is -0.344 e. The highest BCUT2D eigenvalue weighted by Crippen LogP contribution is 2.19. The zero-order chi connectivity index (χ0) is 19.0. The number of nitrogens with zero attached hydrogens (tertiary/aromatic N) is 3. The number of aromatic nitrogens is 1. The average molecular weight is 357 g/mol. The standard InChI is InChI=1S/C19H20FN3O3/c1-12-8-16(17(24)10-23-18(25)11-21(3)19(23)26)13(2)22(12)9-14-4-6-15(20)7-5-14/h4-8H,9-11H2,1-3H3. The van der Waals surface area contributed by atoms with Gasteiger partial charge in [-0.05, 0) is 37.6 Å². The Kier molecular flexibility index (Phi) is 4.63. The molecule has 0 spiro atoms. The Balaban J connectivity index is 1.81. The number of hydrogen-bond acceptors (Lipinski definition) is 3. The number of urea groups is 1. The number of likely N-dealkylation sites (N-methyl/N-ethyl adjacent to an activating group) is 1. The first-order valence-corrected chi connectivity index (χ1v) is 8.27. The van der Waals surface area contributed by atoms with Crippen LogP contribution >= 0.6 is 0 Å². The number of imide groups is 1. The highest BCUT2D eigenvalue weighted by atomic mass is 19.1. The zero-order valence-electron chi connectivity index (χ0n) is 15.0. The summed E-state index contributed by atoms with van der Waals surface area (Å²) in [5.41, 5.74) is 3.04. The van der Waals surface area contributed by atoms with E-state index in [0.717, 1.165) is 21.9 Å². The van der Waals surface area contributed by atoms with Gasteiger partial charge in [-0.1, -0.05) is 12.1 Å². The van der Waals surface area contributed by atoms with E-state index in [-0.39, 0.29) is 30.6 Å². The van der Waals surface area contributed by atoms with Gasteiger partial charge < -0.3 is 9.47 Å². The largest absolute Gasteiger partial charge is 0.344 e. The van der Waals surface area contributed by atoms with Crippen LogP contribution < -0.4 is 0 Å². The molecule has 6 nitrogen and oxygen atoms in total. The fraction of sp³-hybridized carbons (Fsp3) is 0.316. The van der Waals surface area contributed by atoms with Crippen molar-refractivity contribution in [1.29, 1.82) is 0 Å². The minimum atomic E-state index is -0.455. The van der Waals surface area contributed by atoms with Crippen LogP contribution in [-0.4, -0.2) is 52.2 Å². The fourth-order valence-corrected chi connectivity index (χ4v) is 3.15. The lowest BCUT2D eigenvalue weighted by molar-refractivity contribution is -0.125. The zero-order valence-corrected chi connectivity index (χ0v) is 15.0. The van der Waals surface area contributed by atoms with Gasteiger partial charge in [-0.25, -0.2) is 9.18 Å². The number of ketones is 1. The molecule has 136 valence electrons. The molecule has 1 fully saturated rings. The van der Waals surface area contributed by atoms with Gasteiger partial charge in [0.25, 0.3) is 5.91 Å². The molecule has 0 bridgehead atoms. The van der Waals surface area contributed by atoms with Crippen molar-refractivity contribution in [1.82, 2.24) is 14.4 Å². The van der Waals surface area contributed by atoms with Crippen LogP contribution in [0.5, 0.6) is 0 Å². The quantitative estimate of drug-likeness (QED) is 0.610. The van der Waals surface area contributed by atoms with E-state index in [9.17, 15) is 18.8 Å². The molecule has 0 N–H and O–H groups in total. The number of amides is 3. The average Bonchev–Trinajstić information content (AvgIpc) is 3.01. The number of halogens is 1. The lowest BCUT2D eigenvalue weighted by atomic mass is 10.1. The first-order chi connectivity index (χ1) is 12.3. The van der Waals surface area contributed by atoms with Crippen molar-refractivity contribution >= 4 is 17.7 Å². The van der Waals surface area contributed by atoms with E-state index in [1.165, 1.54) is 24.1 Å². The van der Waals surface area contributed by atoms with Crippen LogP contribution in [0.25, 0.3) is 0 Å². The molecule has 0 saturated carbocycles. The Morgan fingerprint density at radius 1 is 1.15 bits per heavy atom. The molecule has 1 aromatic carbocycles. The van der Waals surface area contributed by atoms with E-state index in [2.05, 4.69) is 0 Å². The summed E-state index contributed by atoms with van der Waals surface area (Å²) in [6.07, 6.45) is 0. The van der Waals surface area contributed by atoms with Crippen LogP contribution in [0.2, 0.25) is 0 Å². The van der Waals surface area contributed by atoms with Crippen molar-refractivity contribution in [2.75, 3.05) is 20.1 Å². The van der Waals surface area contributed by atoms with Gasteiger partial charge >= 0.3 is 6.03 Å². The molecule has 3 amide bonds. The highest BCUT2D eigenvalue weighted by Gasteiger charge is 2.35. The topological polar surface area (TPSA) is 62.6 Å². The third kappa shape index (κ3) is 3.24. The third-order valence-corrected chi connectivity index (χ3v) is 4.66. The van der Waals surface area contributed by atoms with Crippen molar-refractivity contribution in [3.05, 3.63) is 58.7 Å². The predicted molar refractivity (Wildman–Crippen MR) is 93.5 cm³/mol. The minimum absolute atomic E-state index is 0.00426. The summed E-state index contributed by atoms with van der Waals surface area (Å²) in [6.45, 7) is 3.95. The second kappa shape index (κ2) is 6.74. The molecule has 0 unspecified atom stereocenters. The van der Waals surface area contributed by atoms with Gasteiger partial charge in [0.1, 0.15) is 12.4 Å². The Morgan fingerprint density at radius 2 is 1.81 bits per heavy atom. The Labute approximate surface area is 150 Å². The maximum atomic E-state index is 13.1. The summed E-state index contributed by atoms with van der Waals surface area (Å²) < 4.78 is 15.0.